The number of aryl methyl sites for hydroxylation is 1. The van der Waals surface area contributed by atoms with Gasteiger partial charge in [0.1, 0.15) is 5.75 Å². The van der Waals surface area contributed by atoms with Gasteiger partial charge in [-0.25, -0.2) is 0 Å². The predicted molar refractivity (Wildman–Crippen MR) is 84.5 cm³/mol. The van der Waals surface area contributed by atoms with Crippen LogP contribution in [0.2, 0.25) is 0 Å². The van der Waals surface area contributed by atoms with Gasteiger partial charge in [-0.05, 0) is 31.0 Å². The van der Waals surface area contributed by atoms with E-state index in [1.165, 1.54) is 5.56 Å². The molecule has 1 aliphatic heterocycles. The highest BCUT2D eigenvalue weighted by molar-refractivity contribution is 9.10. The van der Waals surface area contributed by atoms with Gasteiger partial charge in [-0.3, -0.25) is 0 Å². The van der Waals surface area contributed by atoms with E-state index in [9.17, 15) is 0 Å². The van der Waals surface area contributed by atoms with Crippen molar-refractivity contribution in [2.24, 2.45) is 11.3 Å². The summed E-state index contributed by atoms with van der Waals surface area (Å²) in [6.07, 6.45) is 1.56. The van der Waals surface area contributed by atoms with Gasteiger partial charge >= 0.3 is 0 Å². The van der Waals surface area contributed by atoms with Crippen LogP contribution in [0.25, 0.3) is 0 Å². The number of nitrogens with one attached hydrogen (secondary N) is 1. The summed E-state index contributed by atoms with van der Waals surface area (Å²) >= 11 is 3.52. The van der Waals surface area contributed by atoms with Crippen molar-refractivity contribution < 1.29 is 9.47 Å². The molecule has 20 heavy (non-hydrogen) atoms. The number of fused-ring (bicyclic) bond motifs is 1. The fourth-order valence-electron chi connectivity index (χ4n) is 3.83. The van der Waals surface area contributed by atoms with Crippen LogP contribution in [0.3, 0.4) is 0 Å². The van der Waals surface area contributed by atoms with Gasteiger partial charge in [0, 0.05) is 28.5 Å². The molecule has 3 rings (SSSR count). The minimum absolute atomic E-state index is 0.172. The molecule has 1 saturated heterocycles. The van der Waals surface area contributed by atoms with Crippen LogP contribution in [0.1, 0.15) is 25.8 Å². The molecule has 0 radical (unpaired) electrons. The molecule has 1 aromatic rings. The molecule has 0 amide bonds. The van der Waals surface area contributed by atoms with E-state index in [4.69, 9.17) is 9.47 Å². The maximum atomic E-state index is 5.86. The number of ether oxygens (including phenoxy) is 2. The molecule has 1 aliphatic carbocycles. The highest BCUT2D eigenvalue weighted by Gasteiger charge is 2.59. The lowest BCUT2D eigenvalue weighted by atomic mass is 9.57. The van der Waals surface area contributed by atoms with Gasteiger partial charge in [-0.15, -0.1) is 0 Å². The first-order valence-electron chi connectivity index (χ1n) is 7.17. The van der Waals surface area contributed by atoms with Crippen molar-refractivity contribution in [2.75, 3.05) is 19.0 Å². The van der Waals surface area contributed by atoms with Crippen LogP contribution in [-0.2, 0) is 4.74 Å². The van der Waals surface area contributed by atoms with Gasteiger partial charge in [-0.2, -0.15) is 0 Å². The van der Waals surface area contributed by atoms with E-state index in [1.54, 1.807) is 7.11 Å². The molecule has 110 valence electrons. The smallest absolute Gasteiger partial charge is 0.143 e. The Morgan fingerprint density at radius 3 is 2.85 bits per heavy atom. The Bertz CT molecular complexity index is 529. The number of rotatable bonds is 3. The van der Waals surface area contributed by atoms with Crippen molar-refractivity contribution in [1.29, 1.82) is 0 Å². The van der Waals surface area contributed by atoms with Crippen LogP contribution in [0.4, 0.5) is 5.69 Å². The molecule has 2 aliphatic rings. The molecule has 3 nitrogen and oxygen atoms in total. The van der Waals surface area contributed by atoms with Crippen molar-refractivity contribution in [1.82, 2.24) is 0 Å². The summed E-state index contributed by atoms with van der Waals surface area (Å²) in [7, 11) is 1.72. The van der Waals surface area contributed by atoms with E-state index in [0.717, 1.165) is 28.9 Å². The zero-order valence-corrected chi connectivity index (χ0v) is 14.1. The largest absolute Gasteiger partial charge is 0.495 e. The average Bonchev–Trinajstić information content (AvgIpc) is 2.83. The lowest BCUT2D eigenvalue weighted by molar-refractivity contribution is -0.0923. The summed E-state index contributed by atoms with van der Waals surface area (Å²) in [6.45, 7) is 7.59. The number of anilines is 1. The molecule has 3 atom stereocenters. The third kappa shape index (κ3) is 2.04. The standard InChI is InChI=1S/C16H22BrNO2/c1-9-7-10(17)8-12(19-4)13(9)18-14-11-5-6-20-15(11)16(14,2)3/h7-8,11,14-15,18H,5-6H2,1-4H3. The van der Waals surface area contributed by atoms with Gasteiger partial charge in [0.15, 0.2) is 0 Å². The number of halogens is 1. The monoisotopic (exact) mass is 339 g/mol. The number of hydrogen-bond donors (Lipinski definition) is 1. The van der Waals surface area contributed by atoms with Gasteiger partial charge in [0.2, 0.25) is 0 Å². The topological polar surface area (TPSA) is 30.5 Å². The molecular weight excluding hydrogens is 318 g/mol. The summed E-state index contributed by atoms with van der Waals surface area (Å²) in [6, 6.07) is 4.59. The van der Waals surface area contributed by atoms with Crippen molar-refractivity contribution in [2.45, 2.75) is 39.3 Å². The van der Waals surface area contributed by atoms with Crippen molar-refractivity contribution in [3.8, 4) is 5.75 Å². The summed E-state index contributed by atoms with van der Waals surface area (Å²) < 4.78 is 12.4. The molecular formula is C16H22BrNO2. The Kier molecular flexibility index (Phi) is 3.49. The Hall–Kier alpha value is -0.740. The average molecular weight is 340 g/mol. The fourth-order valence-corrected chi connectivity index (χ4v) is 4.38. The summed E-state index contributed by atoms with van der Waals surface area (Å²) in [4.78, 5) is 0. The van der Waals surface area contributed by atoms with E-state index in [2.05, 4.69) is 48.1 Å². The van der Waals surface area contributed by atoms with Crippen molar-refractivity contribution >= 4 is 21.6 Å². The first-order valence-corrected chi connectivity index (χ1v) is 7.96. The predicted octanol–water partition coefficient (Wildman–Crippen LogP) is 3.99. The van der Waals surface area contributed by atoms with Crippen molar-refractivity contribution in [3.05, 3.63) is 22.2 Å². The SMILES string of the molecule is COc1cc(Br)cc(C)c1NC1C2CCOC2C1(C)C. The maximum absolute atomic E-state index is 5.86. The Morgan fingerprint density at radius 1 is 1.40 bits per heavy atom. The Morgan fingerprint density at radius 2 is 2.15 bits per heavy atom. The fraction of sp³-hybridized carbons (Fsp3) is 0.625. The molecule has 1 saturated carbocycles. The number of benzene rings is 1. The third-order valence-electron chi connectivity index (χ3n) is 4.88. The quantitative estimate of drug-likeness (QED) is 0.902. The van der Waals surface area contributed by atoms with E-state index in [1.807, 2.05) is 6.07 Å². The van der Waals surface area contributed by atoms with Crippen LogP contribution in [0.5, 0.6) is 5.75 Å². The summed E-state index contributed by atoms with van der Waals surface area (Å²) in [5, 5.41) is 3.73. The van der Waals surface area contributed by atoms with Crippen molar-refractivity contribution in [3.63, 3.8) is 0 Å². The zero-order valence-electron chi connectivity index (χ0n) is 12.5. The number of methoxy groups -OCH3 is 1. The first kappa shape index (κ1) is 14.2. The minimum Gasteiger partial charge on any atom is -0.495 e. The van der Waals surface area contributed by atoms with E-state index < -0.39 is 0 Å². The van der Waals surface area contributed by atoms with Crippen LogP contribution in [0, 0.1) is 18.3 Å². The lowest BCUT2D eigenvalue weighted by Gasteiger charge is -2.55. The Labute approximate surface area is 129 Å². The molecule has 4 heteroatoms. The minimum atomic E-state index is 0.172. The lowest BCUT2D eigenvalue weighted by Crippen LogP contribution is -2.63. The van der Waals surface area contributed by atoms with E-state index in [-0.39, 0.29) is 5.41 Å². The molecule has 1 N–H and O–H groups in total. The number of hydrogen-bond acceptors (Lipinski definition) is 3. The highest BCUT2D eigenvalue weighted by Crippen LogP contribution is 2.54. The second-order valence-corrected chi connectivity index (χ2v) is 7.40. The third-order valence-corrected chi connectivity index (χ3v) is 5.34. The maximum Gasteiger partial charge on any atom is 0.143 e. The second kappa shape index (κ2) is 4.92. The van der Waals surface area contributed by atoms with Crippen LogP contribution in [0.15, 0.2) is 16.6 Å². The Balaban J connectivity index is 1.88. The molecule has 1 aromatic carbocycles. The molecule has 2 fully saturated rings. The second-order valence-electron chi connectivity index (χ2n) is 6.49. The van der Waals surface area contributed by atoms with E-state index >= 15 is 0 Å². The van der Waals surface area contributed by atoms with Gasteiger partial charge in [0.05, 0.1) is 18.9 Å². The normalized spacial score (nSPS) is 30.6. The van der Waals surface area contributed by atoms with Crippen LogP contribution >= 0.6 is 15.9 Å². The van der Waals surface area contributed by atoms with E-state index in [0.29, 0.717) is 18.1 Å². The summed E-state index contributed by atoms with van der Waals surface area (Å²) in [5.41, 5.74) is 2.49. The molecule has 0 bridgehead atoms. The van der Waals surface area contributed by atoms with Crippen LogP contribution in [-0.4, -0.2) is 25.9 Å². The van der Waals surface area contributed by atoms with Crippen LogP contribution < -0.4 is 10.1 Å². The zero-order chi connectivity index (χ0) is 14.5. The molecule has 0 aromatic heterocycles. The van der Waals surface area contributed by atoms with Gasteiger partial charge < -0.3 is 14.8 Å². The molecule has 1 heterocycles. The molecule has 3 unspecified atom stereocenters. The molecule has 0 spiro atoms. The van der Waals surface area contributed by atoms with Gasteiger partial charge in [-0.1, -0.05) is 29.8 Å². The summed E-state index contributed by atoms with van der Waals surface area (Å²) in [5.74, 6) is 1.52. The highest BCUT2D eigenvalue weighted by atomic mass is 79.9. The first-order chi connectivity index (χ1) is 9.45. The van der Waals surface area contributed by atoms with Gasteiger partial charge in [0.25, 0.3) is 0 Å².